The molecule has 0 aliphatic heterocycles. The first-order valence-corrected chi connectivity index (χ1v) is 5.51. The Balaban J connectivity index is 2.20. The molecule has 0 aliphatic carbocycles. The van der Waals surface area contributed by atoms with Gasteiger partial charge in [0.15, 0.2) is 0 Å². The van der Waals surface area contributed by atoms with E-state index in [2.05, 4.69) is 4.98 Å². The van der Waals surface area contributed by atoms with E-state index in [-0.39, 0.29) is 0 Å². The minimum absolute atomic E-state index is 0.478. The molecule has 1 heterocycles. The van der Waals surface area contributed by atoms with Gasteiger partial charge >= 0.3 is 0 Å². The van der Waals surface area contributed by atoms with Crippen LogP contribution in [0, 0.1) is 6.92 Å². The summed E-state index contributed by atoms with van der Waals surface area (Å²) in [5.74, 6) is 1.59. The number of hydrogen-bond donors (Lipinski definition) is 1. The Kier molecular flexibility index (Phi) is 3.44. The van der Waals surface area contributed by atoms with E-state index >= 15 is 0 Å². The molecule has 0 aliphatic rings. The molecular weight excluding hydrogens is 216 g/mol. The Hall–Kier alpha value is -1.81. The van der Waals surface area contributed by atoms with Crippen molar-refractivity contribution < 1.29 is 9.84 Å². The van der Waals surface area contributed by atoms with Crippen molar-refractivity contribution in [1.82, 2.24) is 9.55 Å². The summed E-state index contributed by atoms with van der Waals surface area (Å²) in [5, 5.41) is 10.2. The maximum Gasteiger partial charge on any atom is 0.124 e. The molecule has 1 atom stereocenters. The van der Waals surface area contributed by atoms with Crippen molar-refractivity contribution in [2.75, 3.05) is 7.11 Å². The number of methoxy groups -OCH3 is 1. The number of imidazole rings is 1. The zero-order chi connectivity index (χ0) is 12.3. The van der Waals surface area contributed by atoms with Gasteiger partial charge in [-0.05, 0) is 13.0 Å². The van der Waals surface area contributed by atoms with E-state index in [1.807, 2.05) is 42.0 Å². The van der Waals surface area contributed by atoms with E-state index in [0.29, 0.717) is 12.3 Å². The minimum Gasteiger partial charge on any atom is -0.496 e. The van der Waals surface area contributed by atoms with E-state index < -0.39 is 6.10 Å². The standard InChI is InChI=1S/C13H16N2O2/c1-10-14-7-8-15(10)9-12(16)11-5-3-4-6-13(11)17-2/h3-8,12,16H,9H2,1-2H3. The lowest BCUT2D eigenvalue weighted by molar-refractivity contribution is 0.152. The maximum absolute atomic E-state index is 10.2. The highest BCUT2D eigenvalue weighted by atomic mass is 16.5. The quantitative estimate of drug-likeness (QED) is 0.876. The van der Waals surface area contributed by atoms with E-state index in [1.54, 1.807) is 13.3 Å². The Morgan fingerprint density at radius 1 is 1.41 bits per heavy atom. The number of hydrogen-bond acceptors (Lipinski definition) is 3. The molecule has 1 aromatic heterocycles. The number of aryl methyl sites for hydroxylation is 1. The van der Waals surface area contributed by atoms with Crippen LogP contribution >= 0.6 is 0 Å². The number of rotatable bonds is 4. The summed E-state index contributed by atoms with van der Waals surface area (Å²) in [7, 11) is 1.61. The predicted octanol–water partition coefficient (Wildman–Crippen LogP) is 1.93. The third kappa shape index (κ3) is 2.47. The van der Waals surface area contributed by atoms with Gasteiger partial charge in [0.2, 0.25) is 0 Å². The minimum atomic E-state index is -0.598. The third-order valence-electron chi connectivity index (χ3n) is 2.79. The molecule has 2 aromatic rings. The van der Waals surface area contributed by atoms with Gasteiger partial charge in [-0.2, -0.15) is 0 Å². The molecule has 1 aromatic carbocycles. The first kappa shape index (κ1) is 11.7. The van der Waals surface area contributed by atoms with Crippen LogP contribution < -0.4 is 4.74 Å². The van der Waals surface area contributed by atoms with Crippen LogP contribution in [0.25, 0.3) is 0 Å². The van der Waals surface area contributed by atoms with Crippen molar-refractivity contribution in [3.63, 3.8) is 0 Å². The van der Waals surface area contributed by atoms with Gasteiger partial charge in [0.25, 0.3) is 0 Å². The van der Waals surface area contributed by atoms with Crippen molar-refractivity contribution in [3.05, 3.63) is 48.0 Å². The SMILES string of the molecule is COc1ccccc1C(O)Cn1ccnc1C. The van der Waals surface area contributed by atoms with Crippen molar-refractivity contribution in [3.8, 4) is 5.75 Å². The second kappa shape index (κ2) is 5.01. The lowest BCUT2D eigenvalue weighted by Gasteiger charge is -2.15. The Morgan fingerprint density at radius 3 is 2.82 bits per heavy atom. The van der Waals surface area contributed by atoms with Gasteiger partial charge in [-0.15, -0.1) is 0 Å². The third-order valence-corrected chi connectivity index (χ3v) is 2.79. The molecule has 1 unspecified atom stereocenters. The molecule has 90 valence electrons. The molecular formula is C13H16N2O2. The van der Waals surface area contributed by atoms with Crippen LogP contribution in [0.3, 0.4) is 0 Å². The van der Waals surface area contributed by atoms with Crippen LogP contribution in [0.5, 0.6) is 5.75 Å². The van der Waals surface area contributed by atoms with Crippen molar-refractivity contribution in [2.24, 2.45) is 0 Å². The summed E-state index contributed by atoms with van der Waals surface area (Å²) >= 11 is 0. The van der Waals surface area contributed by atoms with E-state index in [4.69, 9.17) is 4.74 Å². The van der Waals surface area contributed by atoms with Crippen molar-refractivity contribution in [1.29, 1.82) is 0 Å². The summed E-state index contributed by atoms with van der Waals surface area (Å²) in [6.45, 7) is 2.39. The molecule has 17 heavy (non-hydrogen) atoms. The summed E-state index contributed by atoms with van der Waals surface area (Å²) in [6, 6.07) is 7.49. The smallest absolute Gasteiger partial charge is 0.124 e. The molecule has 0 fully saturated rings. The average molecular weight is 232 g/mol. The normalized spacial score (nSPS) is 12.4. The van der Waals surface area contributed by atoms with Crippen LogP contribution in [0.15, 0.2) is 36.7 Å². The van der Waals surface area contributed by atoms with Gasteiger partial charge in [-0.1, -0.05) is 18.2 Å². The molecule has 0 amide bonds. The maximum atomic E-state index is 10.2. The van der Waals surface area contributed by atoms with Crippen LogP contribution in [0.2, 0.25) is 0 Å². The number of nitrogens with zero attached hydrogens (tertiary/aromatic N) is 2. The fraction of sp³-hybridized carbons (Fsp3) is 0.308. The lowest BCUT2D eigenvalue weighted by atomic mass is 10.1. The fourth-order valence-corrected chi connectivity index (χ4v) is 1.82. The van der Waals surface area contributed by atoms with Crippen LogP contribution in [0.1, 0.15) is 17.5 Å². The number of para-hydroxylation sites is 1. The fourth-order valence-electron chi connectivity index (χ4n) is 1.82. The van der Waals surface area contributed by atoms with Crippen LogP contribution in [0.4, 0.5) is 0 Å². The van der Waals surface area contributed by atoms with Gasteiger partial charge < -0.3 is 14.4 Å². The molecule has 0 radical (unpaired) electrons. The first-order valence-electron chi connectivity index (χ1n) is 5.51. The molecule has 4 heteroatoms. The van der Waals surface area contributed by atoms with Crippen LogP contribution in [-0.2, 0) is 6.54 Å². The molecule has 0 saturated carbocycles. The van der Waals surface area contributed by atoms with Gasteiger partial charge in [-0.25, -0.2) is 4.98 Å². The topological polar surface area (TPSA) is 47.3 Å². The molecule has 2 rings (SSSR count). The Morgan fingerprint density at radius 2 is 2.18 bits per heavy atom. The van der Waals surface area contributed by atoms with E-state index in [9.17, 15) is 5.11 Å². The number of benzene rings is 1. The molecule has 0 saturated heterocycles. The summed E-state index contributed by atoms with van der Waals surface area (Å²) in [5.41, 5.74) is 0.795. The van der Waals surface area contributed by atoms with E-state index in [0.717, 1.165) is 11.4 Å². The second-order valence-electron chi connectivity index (χ2n) is 3.88. The van der Waals surface area contributed by atoms with Crippen LogP contribution in [-0.4, -0.2) is 21.8 Å². The summed E-state index contributed by atoms with van der Waals surface area (Å²) in [6.07, 6.45) is 2.98. The number of aromatic nitrogens is 2. The molecule has 0 spiro atoms. The highest BCUT2D eigenvalue weighted by Gasteiger charge is 2.13. The monoisotopic (exact) mass is 232 g/mol. The predicted molar refractivity (Wildman–Crippen MR) is 64.9 cm³/mol. The molecule has 1 N–H and O–H groups in total. The zero-order valence-electron chi connectivity index (χ0n) is 10.00. The highest BCUT2D eigenvalue weighted by Crippen LogP contribution is 2.25. The Labute approximate surface area is 100 Å². The van der Waals surface area contributed by atoms with E-state index in [1.165, 1.54) is 0 Å². The number of ether oxygens (including phenoxy) is 1. The second-order valence-corrected chi connectivity index (χ2v) is 3.88. The number of aliphatic hydroxyl groups is 1. The first-order chi connectivity index (χ1) is 8.22. The van der Waals surface area contributed by atoms with Crippen molar-refractivity contribution in [2.45, 2.75) is 19.6 Å². The molecule has 0 bridgehead atoms. The van der Waals surface area contributed by atoms with Crippen molar-refractivity contribution >= 4 is 0 Å². The summed E-state index contributed by atoms with van der Waals surface area (Å²) < 4.78 is 7.14. The van der Waals surface area contributed by atoms with Gasteiger partial charge in [0.1, 0.15) is 17.7 Å². The lowest BCUT2D eigenvalue weighted by Crippen LogP contribution is -2.10. The zero-order valence-corrected chi connectivity index (χ0v) is 10.00. The largest absolute Gasteiger partial charge is 0.496 e. The highest BCUT2D eigenvalue weighted by molar-refractivity contribution is 5.34. The van der Waals surface area contributed by atoms with Gasteiger partial charge in [0.05, 0.1) is 13.7 Å². The van der Waals surface area contributed by atoms with Gasteiger partial charge in [0, 0.05) is 18.0 Å². The molecule has 4 nitrogen and oxygen atoms in total. The Bertz CT molecular complexity index is 494. The van der Waals surface area contributed by atoms with Gasteiger partial charge in [-0.3, -0.25) is 0 Å². The summed E-state index contributed by atoms with van der Waals surface area (Å²) in [4.78, 5) is 4.13. The number of aliphatic hydroxyl groups excluding tert-OH is 1. The average Bonchev–Trinajstić information content (AvgIpc) is 2.75.